The average molecular weight is 428 g/mol. The summed E-state index contributed by atoms with van der Waals surface area (Å²) in [4.78, 5) is 12.4. The van der Waals surface area contributed by atoms with Crippen LogP contribution in [-0.2, 0) is 16.5 Å². The molecular weight excluding hydrogens is 402 g/mol. The molecule has 1 heterocycles. The summed E-state index contributed by atoms with van der Waals surface area (Å²) in [6, 6.07) is 11.2. The molecule has 2 N–H and O–H groups in total. The highest BCUT2D eigenvalue weighted by molar-refractivity contribution is 7.87. The average Bonchev–Trinajstić information content (AvgIpc) is 3.12. The van der Waals surface area contributed by atoms with Crippen LogP contribution in [0.5, 0.6) is 5.75 Å². The maximum absolute atomic E-state index is 12.6. The Balaban J connectivity index is 1.57. The van der Waals surface area contributed by atoms with Crippen LogP contribution in [0.15, 0.2) is 53.6 Å². The summed E-state index contributed by atoms with van der Waals surface area (Å²) >= 11 is 0. The van der Waals surface area contributed by atoms with Crippen LogP contribution >= 0.6 is 0 Å². The van der Waals surface area contributed by atoms with E-state index in [1.165, 1.54) is 12.1 Å². The van der Waals surface area contributed by atoms with Crippen molar-refractivity contribution in [2.24, 2.45) is 0 Å². The van der Waals surface area contributed by atoms with Crippen LogP contribution in [0.3, 0.4) is 0 Å². The Labute approximate surface area is 176 Å². The molecule has 3 aromatic rings. The summed E-state index contributed by atoms with van der Waals surface area (Å²) in [5.41, 5.74) is 4.05. The Morgan fingerprint density at radius 3 is 2.50 bits per heavy atom. The fraction of sp³-hybridized carbons (Fsp3) is 0.273. The van der Waals surface area contributed by atoms with Crippen LogP contribution in [0.25, 0.3) is 0 Å². The smallest absolute Gasteiger partial charge is 0.339 e. The van der Waals surface area contributed by atoms with Gasteiger partial charge >= 0.3 is 10.1 Å². The molecule has 0 unspecified atom stereocenters. The first-order chi connectivity index (χ1) is 14.3. The second-order valence-corrected chi connectivity index (χ2v) is 8.73. The maximum atomic E-state index is 12.6. The van der Waals surface area contributed by atoms with Crippen molar-refractivity contribution in [3.63, 3.8) is 0 Å². The molecule has 0 fully saturated rings. The molecule has 0 spiro atoms. The number of H-pyrrole nitrogens is 1. The highest BCUT2D eigenvalue weighted by Crippen LogP contribution is 2.22. The van der Waals surface area contributed by atoms with Crippen molar-refractivity contribution in [2.45, 2.75) is 38.5 Å². The molecule has 7 nitrogen and oxygen atoms in total. The van der Waals surface area contributed by atoms with Gasteiger partial charge in [0.2, 0.25) is 0 Å². The number of hydrogen-bond donors (Lipinski definition) is 2. The lowest BCUT2D eigenvalue weighted by Gasteiger charge is -2.11. The van der Waals surface area contributed by atoms with E-state index in [4.69, 9.17) is 4.18 Å². The van der Waals surface area contributed by atoms with Gasteiger partial charge in [0.1, 0.15) is 10.6 Å². The number of rotatable bonds is 8. The molecule has 0 aliphatic rings. The molecule has 0 bridgehead atoms. The number of amides is 1. The van der Waals surface area contributed by atoms with Crippen molar-refractivity contribution in [3.8, 4) is 5.75 Å². The van der Waals surface area contributed by atoms with Gasteiger partial charge in [-0.15, -0.1) is 0 Å². The van der Waals surface area contributed by atoms with Crippen molar-refractivity contribution in [3.05, 3.63) is 76.6 Å². The van der Waals surface area contributed by atoms with Crippen molar-refractivity contribution in [2.75, 3.05) is 6.54 Å². The van der Waals surface area contributed by atoms with Gasteiger partial charge in [-0.2, -0.15) is 13.5 Å². The summed E-state index contributed by atoms with van der Waals surface area (Å²) in [6.07, 6.45) is 3.41. The third-order valence-electron chi connectivity index (χ3n) is 4.78. The van der Waals surface area contributed by atoms with Crippen molar-refractivity contribution < 1.29 is 17.4 Å². The molecule has 0 atom stereocenters. The predicted octanol–water partition coefficient (Wildman–Crippen LogP) is 3.47. The summed E-state index contributed by atoms with van der Waals surface area (Å²) in [5, 5.41) is 9.73. The first-order valence-corrected chi connectivity index (χ1v) is 11.1. The topological polar surface area (TPSA) is 101 Å². The van der Waals surface area contributed by atoms with Gasteiger partial charge in [-0.05, 0) is 80.6 Å². The van der Waals surface area contributed by atoms with Crippen LogP contribution in [0.1, 0.15) is 39.2 Å². The first-order valence-electron chi connectivity index (χ1n) is 9.65. The normalized spacial score (nSPS) is 11.3. The molecule has 30 heavy (non-hydrogen) atoms. The van der Waals surface area contributed by atoms with Crippen LogP contribution < -0.4 is 9.50 Å². The van der Waals surface area contributed by atoms with E-state index in [0.29, 0.717) is 17.7 Å². The van der Waals surface area contributed by atoms with Crippen LogP contribution in [0.4, 0.5) is 0 Å². The van der Waals surface area contributed by atoms with Gasteiger partial charge in [-0.25, -0.2) is 0 Å². The highest BCUT2D eigenvalue weighted by Gasteiger charge is 2.19. The third kappa shape index (κ3) is 5.27. The Morgan fingerprint density at radius 1 is 1.10 bits per heavy atom. The zero-order chi connectivity index (χ0) is 21.7. The fourth-order valence-electron chi connectivity index (χ4n) is 3.02. The van der Waals surface area contributed by atoms with Gasteiger partial charge in [-0.3, -0.25) is 9.89 Å². The van der Waals surface area contributed by atoms with Gasteiger partial charge in [0.15, 0.2) is 0 Å². The standard InChI is InChI=1S/C22H25N3O4S/c1-15-6-7-16(2)21(13-15)30(27,28)29-20-10-8-18(9-11-20)22(26)23-12-4-5-19-14-24-25-17(19)3/h6-11,13-14H,4-5,12H2,1-3H3,(H,23,26)(H,24,25). The molecule has 1 aromatic heterocycles. The second kappa shape index (κ2) is 9.13. The van der Waals surface area contributed by atoms with E-state index in [-0.39, 0.29) is 16.6 Å². The molecule has 3 rings (SSSR count). The summed E-state index contributed by atoms with van der Waals surface area (Å²) < 4.78 is 30.4. The van der Waals surface area contributed by atoms with Gasteiger partial charge in [0, 0.05) is 17.8 Å². The van der Waals surface area contributed by atoms with Crippen LogP contribution in [-0.4, -0.2) is 31.1 Å². The zero-order valence-electron chi connectivity index (χ0n) is 17.2. The van der Waals surface area contributed by atoms with Gasteiger partial charge in [0.25, 0.3) is 5.91 Å². The monoisotopic (exact) mass is 427 g/mol. The van der Waals surface area contributed by atoms with E-state index >= 15 is 0 Å². The lowest BCUT2D eigenvalue weighted by Crippen LogP contribution is -2.24. The molecule has 2 aromatic carbocycles. The minimum Gasteiger partial charge on any atom is -0.379 e. The quantitative estimate of drug-likeness (QED) is 0.423. The van der Waals surface area contributed by atoms with E-state index in [2.05, 4.69) is 15.5 Å². The van der Waals surface area contributed by atoms with Crippen molar-refractivity contribution in [1.29, 1.82) is 0 Å². The molecule has 8 heteroatoms. The molecule has 0 saturated heterocycles. The minimum atomic E-state index is -3.95. The number of nitrogens with zero attached hydrogens (tertiary/aromatic N) is 1. The second-order valence-electron chi connectivity index (χ2n) is 7.21. The zero-order valence-corrected chi connectivity index (χ0v) is 18.0. The van der Waals surface area contributed by atoms with E-state index < -0.39 is 10.1 Å². The number of aromatic nitrogens is 2. The summed E-state index contributed by atoms with van der Waals surface area (Å²) in [6.45, 7) is 6.03. The highest BCUT2D eigenvalue weighted by atomic mass is 32.2. The predicted molar refractivity (Wildman–Crippen MR) is 114 cm³/mol. The number of benzene rings is 2. The van der Waals surface area contributed by atoms with Gasteiger partial charge in [-0.1, -0.05) is 12.1 Å². The molecule has 0 aliphatic heterocycles. The number of carbonyl (C=O) groups excluding carboxylic acids is 1. The third-order valence-corrected chi connectivity index (χ3v) is 6.17. The number of aryl methyl sites for hydroxylation is 4. The fourth-order valence-corrected chi connectivity index (χ4v) is 4.27. The van der Waals surface area contributed by atoms with E-state index in [0.717, 1.165) is 29.7 Å². The Hall–Kier alpha value is -3.13. The number of hydrogen-bond acceptors (Lipinski definition) is 5. The lowest BCUT2D eigenvalue weighted by molar-refractivity contribution is 0.0953. The summed E-state index contributed by atoms with van der Waals surface area (Å²) in [7, 11) is -3.95. The Bertz CT molecular complexity index is 1140. The Morgan fingerprint density at radius 2 is 1.83 bits per heavy atom. The molecule has 0 radical (unpaired) electrons. The first kappa shape index (κ1) is 21.6. The molecular formula is C22H25N3O4S. The molecule has 158 valence electrons. The van der Waals surface area contributed by atoms with Crippen molar-refractivity contribution >= 4 is 16.0 Å². The Kier molecular flexibility index (Phi) is 6.56. The number of nitrogens with one attached hydrogen (secondary N) is 2. The summed E-state index contributed by atoms with van der Waals surface area (Å²) in [5.74, 6) is -0.0641. The van der Waals surface area contributed by atoms with Crippen LogP contribution in [0, 0.1) is 20.8 Å². The van der Waals surface area contributed by atoms with E-state index in [1.807, 2.05) is 19.9 Å². The van der Waals surface area contributed by atoms with Crippen LogP contribution in [0.2, 0.25) is 0 Å². The molecule has 1 amide bonds. The lowest BCUT2D eigenvalue weighted by atomic mass is 10.1. The SMILES string of the molecule is Cc1ccc(C)c(S(=O)(=O)Oc2ccc(C(=O)NCCCc3cn[nH]c3C)cc2)c1. The van der Waals surface area contributed by atoms with E-state index in [1.54, 1.807) is 37.4 Å². The largest absolute Gasteiger partial charge is 0.379 e. The maximum Gasteiger partial charge on any atom is 0.339 e. The molecule has 0 aliphatic carbocycles. The van der Waals surface area contributed by atoms with E-state index in [9.17, 15) is 13.2 Å². The number of aromatic amines is 1. The van der Waals surface area contributed by atoms with Gasteiger partial charge in [0.05, 0.1) is 6.20 Å². The van der Waals surface area contributed by atoms with Crippen molar-refractivity contribution in [1.82, 2.24) is 15.5 Å². The van der Waals surface area contributed by atoms with Gasteiger partial charge < -0.3 is 9.50 Å². The molecule has 0 saturated carbocycles. The minimum absolute atomic E-state index is 0.136. The number of carbonyl (C=O) groups is 1.